The van der Waals surface area contributed by atoms with Gasteiger partial charge in [-0.1, -0.05) is 23.4 Å². The number of nitrogens with zero attached hydrogens (tertiary/aromatic N) is 4. The van der Waals surface area contributed by atoms with Gasteiger partial charge >= 0.3 is 6.29 Å². The van der Waals surface area contributed by atoms with Crippen LogP contribution in [0.2, 0.25) is 0 Å². The number of halogens is 2. The van der Waals surface area contributed by atoms with Crippen molar-refractivity contribution >= 4 is 17.8 Å². The maximum atomic E-state index is 13.1. The highest BCUT2D eigenvalue weighted by Gasteiger charge is 2.43. The highest BCUT2D eigenvalue weighted by molar-refractivity contribution is 5.68. The number of unbranched alkanes of at least 4 members (excludes halogenated alkanes) is 1. The highest BCUT2D eigenvalue weighted by Crippen LogP contribution is 2.41. The molecule has 0 bridgehead atoms. The Labute approximate surface area is 200 Å². The van der Waals surface area contributed by atoms with E-state index in [0.717, 1.165) is 37.2 Å². The molecule has 0 saturated heterocycles. The molecule has 0 saturated carbocycles. The average Bonchev–Trinajstić information content (AvgIpc) is 3.59. The number of fused-ring (bicyclic) bond motifs is 1. The Morgan fingerprint density at radius 2 is 1.86 bits per heavy atom. The minimum absolute atomic E-state index is 0.00718. The van der Waals surface area contributed by atoms with E-state index in [1.165, 1.54) is 17.7 Å². The quantitative estimate of drug-likeness (QED) is 0.305. The van der Waals surface area contributed by atoms with Crippen LogP contribution in [-0.2, 0) is 19.5 Å². The molecule has 1 aliphatic rings. The molecule has 0 unspecified atom stereocenters. The number of aryl methyl sites for hydroxylation is 2. The molecule has 0 fully saturated rings. The number of hydrogen-bond acceptors (Lipinski definition) is 7. The molecule has 5 rings (SSSR count). The molecule has 1 aliphatic heterocycles. The average molecular weight is 479 g/mol. The summed E-state index contributed by atoms with van der Waals surface area (Å²) in [5.74, 6) is 0.408. The predicted molar refractivity (Wildman–Crippen MR) is 125 cm³/mol. The Bertz CT molecular complexity index is 1290. The summed E-state index contributed by atoms with van der Waals surface area (Å²) in [6, 6.07) is 12.9. The van der Waals surface area contributed by atoms with Crippen LogP contribution in [0.1, 0.15) is 35.6 Å². The first kappa shape index (κ1) is 22.6. The lowest BCUT2D eigenvalue weighted by Gasteiger charge is -2.06. The zero-order chi connectivity index (χ0) is 24.1. The van der Waals surface area contributed by atoms with Crippen LogP contribution in [0.15, 0.2) is 65.5 Å². The molecule has 8 nitrogen and oxygen atoms in total. The molecule has 1 N–H and O–H groups in total. The number of ether oxygens (including phenoxy) is 2. The van der Waals surface area contributed by atoms with Gasteiger partial charge in [-0.25, -0.2) is 4.98 Å². The molecule has 3 heterocycles. The van der Waals surface area contributed by atoms with Gasteiger partial charge in [0.25, 0.3) is 0 Å². The third-order valence-corrected chi connectivity index (χ3v) is 5.42. The number of alkyl halides is 2. The number of rotatable bonds is 10. The molecule has 0 aliphatic carbocycles. The Kier molecular flexibility index (Phi) is 6.42. The van der Waals surface area contributed by atoms with Gasteiger partial charge < -0.3 is 19.2 Å². The van der Waals surface area contributed by atoms with Crippen molar-refractivity contribution in [3.05, 3.63) is 83.8 Å². The first-order chi connectivity index (χ1) is 17.0. The molecule has 35 heavy (non-hydrogen) atoms. The summed E-state index contributed by atoms with van der Waals surface area (Å²) in [5, 5.41) is 11.1. The number of nitrogens with one attached hydrogen (secondary N) is 1. The van der Waals surface area contributed by atoms with Crippen LogP contribution < -0.4 is 14.8 Å². The lowest BCUT2D eigenvalue weighted by atomic mass is 10.1. The SMILES string of the molecule is FC1(F)Oc2ccc(C=Cc3nc(CNc4ccc(CCCCn5ccnn5)cc4)co3)cc2O1. The standard InChI is InChI=1S/C25H23F2N5O3/c26-25(27)34-22-10-6-19(15-23(22)35-25)7-11-24-30-21(17-33-24)16-28-20-8-4-18(5-9-20)3-1-2-13-32-14-12-29-31-32/h4-12,14-15,17,28H,1-3,13,16H2. The van der Waals surface area contributed by atoms with Gasteiger partial charge in [-0.3, -0.25) is 4.68 Å². The molecule has 0 radical (unpaired) electrons. The van der Waals surface area contributed by atoms with Gasteiger partial charge in [0.2, 0.25) is 5.89 Å². The van der Waals surface area contributed by atoms with E-state index in [1.54, 1.807) is 30.7 Å². The van der Waals surface area contributed by atoms with E-state index in [9.17, 15) is 8.78 Å². The Morgan fingerprint density at radius 3 is 2.69 bits per heavy atom. The number of anilines is 1. The molecule has 4 aromatic rings. The molecule has 0 spiro atoms. The summed E-state index contributed by atoms with van der Waals surface area (Å²) >= 11 is 0. The lowest BCUT2D eigenvalue weighted by Crippen LogP contribution is -2.25. The molecule has 180 valence electrons. The van der Waals surface area contributed by atoms with Gasteiger partial charge in [0.05, 0.1) is 18.4 Å². The first-order valence-corrected chi connectivity index (χ1v) is 11.2. The van der Waals surface area contributed by atoms with E-state index in [1.807, 2.05) is 10.9 Å². The number of oxazole rings is 1. The van der Waals surface area contributed by atoms with Crippen LogP contribution in [0.25, 0.3) is 12.2 Å². The molecule has 0 amide bonds. The molecule has 10 heteroatoms. The largest absolute Gasteiger partial charge is 0.586 e. The van der Waals surface area contributed by atoms with Crippen molar-refractivity contribution in [2.45, 2.75) is 38.6 Å². The summed E-state index contributed by atoms with van der Waals surface area (Å²) in [5.41, 5.74) is 3.68. The fourth-order valence-electron chi connectivity index (χ4n) is 3.65. The summed E-state index contributed by atoms with van der Waals surface area (Å²) in [6.45, 7) is 1.39. The highest BCUT2D eigenvalue weighted by atomic mass is 19.3. The van der Waals surface area contributed by atoms with Crippen molar-refractivity contribution in [3.63, 3.8) is 0 Å². The normalized spacial score (nSPS) is 14.0. The van der Waals surface area contributed by atoms with Crippen LogP contribution in [0, 0.1) is 0 Å². The summed E-state index contributed by atoms with van der Waals surface area (Å²) in [7, 11) is 0. The predicted octanol–water partition coefficient (Wildman–Crippen LogP) is 5.39. The molecular weight excluding hydrogens is 456 g/mol. The van der Waals surface area contributed by atoms with Crippen LogP contribution in [0.5, 0.6) is 11.5 Å². The Morgan fingerprint density at radius 1 is 1.00 bits per heavy atom. The van der Waals surface area contributed by atoms with E-state index in [-0.39, 0.29) is 11.5 Å². The van der Waals surface area contributed by atoms with Crippen LogP contribution in [-0.4, -0.2) is 26.3 Å². The smallest absolute Gasteiger partial charge is 0.445 e. The van der Waals surface area contributed by atoms with Crippen molar-refractivity contribution < 1.29 is 22.7 Å². The summed E-state index contributed by atoms with van der Waals surface area (Å²) < 4.78 is 42.5. The zero-order valence-corrected chi connectivity index (χ0v) is 18.7. The second kappa shape index (κ2) is 9.96. The number of hydrogen-bond donors (Lipinski definition) is 1. The van der Waals surface area contributed by atoms with E-state index in [0.29, 0.717) is 18.0 Å². The van der Waals surface area contributed by atoms with Crippen LogP contribution >= 0.6 is 0 Å². The Hall–Kier alpha value is -4.21. The minimum Gasteiger partial charge on any atom is -0.445 e. The summed E-state index contributed by atoms with van der Waals surface area (Å²) in [6.07, 6.45) is 8.03. The minimum atomic E-state index is -3.63. The van der Waals surface area contributed by atoms with Gasteiger partial charge in [-0.05, 0) is 60.7 Å². The number of benzene rings is 2. The van der Waals surface area contributed by atoms with E-state index >= 15 is 0 Å². The molecular formula is C25H23F2N5O3. The van der Waals surface area contributed by atoms with Crippen LogP contribution in [0.4, 0.5) is 14.5 Å². The van der Waals surface area contributed by atoms with Crippen molar-refractivity contribution in [3.8, 4) is 11.5 Å². The molecule has 2 aromatic carbocycles. The monoisotopic (exact) mass is 479 g/mol. The fraction of sp³-hybridized carbons (Fsp3) is 0.240. The topological polar surface area (TPSA) is 87.2 Å². The van der Waals surface area contributed by atoms with Crippen molar-refractivity contribution in [2.75, 3.05) is 5.32 Å². The zero-order valence-electron chi connectivity index (χ0n) is 18.7. The van der Waals surface area contributed by atoms with Gasteiger partial charge in [0.1, 0.15) is 6.26 Å². The third kappa shape index (κ3) is 6.03. The maximum absolute atomic E-state index is 13.1. The molecule has 0 atom stereocenters. The van der Waals surface area contributed by atoms with E-state index in [2.05, 4.69) is 54.4 Å². The Balaban J connectivity index is 1.08. The summed E-state index contributed by atoms with van der Waals surface area (Å²) in [4.78, 5) is 4.42. The van der Waals surface area contributed by atoms with Gasteiger partial charge in [0, 0.05) is 24.5 Å². The van der Waals surface area contributed by atoms with Gasteiger partial charge in [-0.2, -0.15) is 0 Å². The maximum Gasteiger partial charge on any atom is 0.586 e. The first-order valence-electron chi connectivity index (χ1n) is 11.2. The fourth-order valence-corrected chi connectivity index (χ4v) is 3.65. The van der Waals surface area contributed by atoms with Gasteiger partial charge in [-0.15, -0.1) is 13.9 Å². The van der Waals surface area contributed by atoms with Crippen LogP contribution in [0.3, 0.4) is 0 Å². The third-order valence-electron chi connectivity index (χ3n) is 5.42. The lowest BCUT2D eigenvalue weighted by molar-refractivity contribution is -0.286. The number of aromatic nitrogens is 4. The molecule has 2 aromatic heterocycles. The van der Waals surface area contributed by atoms with E-state index < -0.39 is 6.29 Å². The van der Waals surface area contributed by atoms with Crippen molar-refractivity contribution in [1.29, 1.82) is 0 Å². The van der Waals surface area contributed by atoms with Gasteiger partial charge in [0.15, 0.2) is 11.5 Å². The van der Waals surface area contributed by atoms with E-state index in [4.69, 9.17) is 4.42 Å². The van der Waals surface area contributed by atoms with Crippen molar-refractivity contribution in [1.82, 2.24) is 20.0 Å². The van der Waals surface area contributed by atoms with Crippen molar-refractivity contribution in [2.24, 2.45) is 0 Å². The second-order valence-electron chi connectivity index (χ2n) is 8.06. The second-order valence-corrected chi connectivity index (χ2v) is 8.06.